The third-order valence-electron chi connectivity index (χ3n) is 3.38. The molecule has 1 aliphatic heterocycles. The van der Waals surface area contributed by atoms with Crippen LogP contribution in [0.5, 0.6) is 0 Å². The van der Waals surface area contributed by atoms with Gasteiger partial charge in [0.05, 0.1) is 6.04 Å². The Morgan fingerprint density at radius 2 is 2.06 bits per heavy atom. The van der Waals surface area contributed by atoms with E-state index < -0.39 is 0 Å². The van der Waals surface area contributed by atoms with Gasteiger partial charge in [-0.25, -0.2) is 0 Å². The number of pyridine rings is 1. The van der Waals surface area contributed by atoms with Crippen LogP contribution in [0.4, 0.5) is 5.69 Å². The number of nitrogens with zero attached hydrogens (tertiary/aromatic N) is 2. The van der Waals surface area contributed by atoms with Gasteiger partial charge in [-0.3, -0.25) is 9.78 Å². The van der Waals surface area contributed by atoms with E-state index in [0.717, 1.165) is 24.9 Å². The molecule has 0 saturated carbocycles. The van der Waals surface area contributed by atoms with Crippen LogP contribution in [-0.4, -0.2) is 30.0 Å². The quantitative estimate of drug-likeness (QED) is 0.843. The van der Waals surface area contributed by atoms with E-state index in [0.29, 0.717) is 0 Å². The molecule has 2 atom stereocenters. The Bertz CT molecular complexity index is 380. The summed E-state index contributed by atoms with van der Waals surface area (Å²) in [4.78, 5) is 18.3. The summed E-state index contributed by atoms with van der Waals surface area (Å²) in [5.41, 5.74) is 0.944. The number of hydrogen-bond donors (Lipinski definition) is 1. The monoisotopic (exact) mass is 233 g/mol. The summed E-state index contributed by atoms with van der Waals surface area (Å²) in [6, 6.07) is 3.98. The predicted octanol–water partition coefficient (Wildman–Crippen LogP) is 1.57. The molecule has 2 heterocycles. The minimum Gasteiger partial charge on any atom is -0.309 e. The van der Waals surface area contributed by atoms with Crippen molar-refractivity contribution < 1.29 is 4.79 Å². The van der Waals surface area contributed by atoms with Gasteiger partial charge in [0, 0.05) is 24.1 Å². The Labute approximate surface area is 102 Å². The van der Waals surface area contributed by atoms with Crippen LogP contribution in [0.15, 0.2) is 24.5 Å². The van der Waals surface area contributed by atoms with Crippen molar-refractivity contribution in [2.75, 3.05) is 11.9 Å². The fraction of sp³-hybridized carbons (Fsp3) is 0.538. The first-order chi connectivity index (χ1) is 8.24. The molecule has 4 heteroatoms. The van der Waals surface area contributed by atoms with Gasteiger partial charge in [0.2, 0.25) is 5.91 Å². The highest BCUT2D eigenvalue weighted by atomic mass is 16.2. The van der Waals surface area contributed by atoms with Gasteiger partial charge in [0.25, 0.3) is 0 Å². The minimum atomic E-state index is -0.0619. The zero-order chi connectivity index (χ0) is 12.3. The van der Waals surface area contributed by atoms with Gasteiger partial charge in [0.15, 0.2) is 0 Å². The highest BCUT2D eigenvalue weighted by molar-refractivity contribution is 5.97. The van der Waals surface area contributed by atoms with Crippen molar-refractivity contribution in [1.82, 2.24) is 10.3 Å². The maximum atomic E-state index is 12.4. The van der Waals surface area contributed by atoms with E-state index in [-0.39, 0.29) is 18.0 Å². The number of carbonyl (C=O) groups is 1. The highest BCUT2D eigenvalue weighted by Crippen LogP contribution is 2.24. The van der Waals surface area contributed by atoms with E-state index in [1.165, 1.54) is 0 Å². The van der Waals surface area contributed by atoms with E-state index in [2.05, 4.69) is 17.2 Å². The van der Waals surface area contributed by atoms with E-state index >= 15 is 0 Å². The van der Waals surface area contributed by atoms with Crippen molar-refractivity contribution in [3.05, 3.63) is 24.5 Å². The molecule has 1 aromatic heterocycles. The number of nitrogens with one attached hydrogen (secondary N) is 1. The first-order valence-corrected chi connectivity index (χ1v) is 6.14. The van der Waals surface area contributed by atoms with Gasteiger partial charge in [0.1, 0.15) is 0 Å². The molecule has 1 saturated heterocycles. The number of likely N-dealkylation sites (N-methyl/N-ethyl adjacent to an activating group) is 1. The molecule has 1 aliphatic rings. The lowest BCUT2D eigenvalue weighted by Crippen LogP contribution is -2.47. The van der Waals surface area contributed by atoms with Crippen LogP contribution in [0.3, 0.4) is 0 Å². The Kier molecular flexibility index (Phi) is 3.74. The second-order valence-corrected chi connectivity index (χ2v) is 4.53. The zero-order valence-electron chi connectivity index (χ0n) is 10.4. The molecule has 92 valence electrons. The third-order valence-corrected chi connectivity index (χ3v) is 3.38. The SMILES string of the molecule is CNC1CCCC(C)N(c2ccncc2)C1=O. The number of hydrogen-bond acceptors (Lipinski definition) is 3. The molecule has 0 aliphatic carbocycles. The average Bonchev–Trinajstić information content (AvgIpc) is 2.49. The van der Waals surface area contributed by atoms with E-state index in [1.807, 2.05) is 24.1 Å². The van der Waals surface area contributed by atoms with Crippen molar-refractivity contribution >= 4 is 11.6 Å². The maximum absolute atomic E-state index is 12.4. The summed E-state index contributed by atoms with van der Waals surface area (Å²) in [5.74, 6) is 0.170. The summed E-state index contributed by atoms with van der Waals surface area (Å²) in [6.07, 6.45) is 6.51. The Balaban J connectivity index is 2.31. The van der Waals surface area contributed by atoms with Gasteiger partial charge in [-0.15, -0.1) is 0 Å². The van der Waals surface area contributed by atoms with E-state index in [1.54, 1.807) is 12.4 Å². The van der Waals surface area contributed by atoms with Crippen LogP contribution in [0.2, 0.25) is 0 Å². The molecule has 0 bridgehead atoms. The number of carbonyl (C=O) groups excluding carboxylic acids is 1. The summed E-state index contributed by atoms with van der Waals surface area (Å²) < 4.78 is 0. The molecule has 17 heavy (non-hydrogen) atoms. The number of anilines is 1. The highest BCUT2D eigenvalue weighted by Gasteiger charge is 2.30. The first kappa shape index (κ1) is 12.0. The minimum absolute atomic E-state index is 0.0619. The molecular weight excluding hydrogens is 214 g/mol. The molecule has 2 unspecified atom stereocenters. The van der Waals surface area contributed by atoms with Crippen molar-refractivity contribution in [3.8, 4) is 0 Å². The lowest BCUT2D eigenvalue weighted by atomic mass is 10.1. The van der Waals surface area contributed by atoms with Crippen molar-refractivity contribution in [3.63, 3.8) is 0 Å². The lowest BCUT2D eigenvalue weighted by molar-refractivity contribution is -0.120. The summed E-state index contributed by atoms with van der Waals surface area (Å²) >= 11 is 0. The molecular formula is C13H19N3O. The Hall–Kier alpha value is -1.42. The van der Waals surface area contributed by atoms with Gasteiger partial charge in [-0.2, -0.15) is 0 Å². The predicted molar refractivity (Wildman–Crippen MR) is 67.9 cm³/mol. The number of amides is 1. The topological polar surface area (TPSA) is 45.2 Å². The molecule has 2 rings (SSSR count). The van der Waals surface area contributed by atoms with Gasteiger partial charge in [-0.1, -0.05) is 0 Å². The van der Waals surface area contributed by atoms with Crippen LogP contribution in [-0.2, 0) is 4.79 Å². The van der Waals surface area contributed by atoms with Crippen LogP contribution in [0.1, 0.15) is 26.2 Å². The first-order valence-electron chi connectivity index (χ1n) is 6.14. The molecule has 0 radical (unpaired) electrons. The smallest absolute Gasteiger partial charge is 0.244 e. The second kappa shape index (κ2) is 5.27. The molecule has 1 fully saturated rings. The molecule has 0 spiro atoms. The zero-order valence-corrected chi connectivity index (χ0v) is 10.4. The summed E-state index contributed by atoms with van der Waals surface area (Å²) in [6.45, 7) is 2.11. The molecule has 1 amide bonds. The van der Waals surface area contributed by atoms with E-state index in [9.17, 15) is 4.79 Å². The van der Waals surface area contributed by atoms with Crippen LogP contribution in [0.25, 0.3) is 0 Å². The summed E-state index contributed by atoms with van der Waals surface area (Å²) in [7, 11) is 1.85. The molecule has 1 aromatic rings. The summed E-state index contributed by atoms with van der Waals surface area (Å²) in [5, 5.41) is 3.11. The van der Waals surface area contributed by atoms with Crippen LogP contribution >= 0.6 is 0 Å². The lowest BCUT2D eigenvalue weighted by Gasteiger charge is -2.29. The third kappa shape index (κ3) is 2.47. The second-order valence-electron chi connectivity index (χ2n) is 4.53. The largest absolute Gasteiger partial charge is 0.309 e. The number of rotatable bonds is 2. The molecule has 0 aromatic carbocycles. The van der Waals surface area contributed by atoms with Crippen molar-refractivity contribution in [2.24, 2.45) is 0 Å². The maximum Gasteiger partial charge on any atom is 0.244 e. The van der Waals surface area contributed by atoms with Gasteiger partial charge in [-0.05, 0) is 45.4 Å². The fourth-order valence-corrected chi connectivity index (χ4v) is 2.41. The number of aromatic nitrogens is 1. The van der Waals surface area contributed by atoms with Crippen molar-refractivity contribution in [2.45, 2.75) is 38.3 Å². The molecule has 1 N–H and O–H groups in total. The Morgan fingerprint density at radius 1 is 1.35 bits per heavy atom. The van der Waals surface area contributed by atoms with Crippen LogP contribution in [0, 0.1) is 0 Å². The normalized spacial score (nSPS) is 25.8. The standard InChI is InChI=1S/C13H19N3O/c1-10-4-3-5-12(14-2)13(17)16(10)11-6-8-15-9-7-11/h6-10,12,14H,3-5H2,1-2H3. The Morgan fingerprint density at radius 3 is 2.71 bits per heavy atom. The van der Waals surface area contributed by atoms with Gasteiger partial charge >= 0.3 is 0 Å². The van der Waals surface area contributed by atoms with E-state index in [4.69, 9.17) is 0 Å². The van der Waals surface area contributed by atoms with Crippen LogP contribution < -0.4 is 10.2 Å². The molecule has 4 nitrogen and oxygen atoms in total. The fourth-order valence-electron chi connectivity index (χ4n) is 2.41. The average molecular weight is 233 g/mol. The van der Waals surface area contributed by atoms with Crippen molar-refractivity contribution in [1.29, 1.82) is 0 Å². The van der Waals surface area contributed by atoms with Gasteiger partial charge < -0.3 is 10.2 Å².